The minimum absolute atomic E-state index is 0.383. The third kappa shape index (κ3) is 3.76. The molecule has 4 rings (SSSR count). The first kappa shape index (κ1) is 18.6. The molecule has 6 heteroatoms. The lowest BCUT2D eigenvalue weighted by atomic mass is 10.2. The van der Waals surface area contributed by atoms with Crippen LogP contribution in [-0.4, -0.2) is 9.78 Å². The van der Waals surface area contributed by atoms with Crippen molar-refractivity contribution in [3.8, 4) is 23.4 Å². The second kappa shape index (κ2) is 7.69. The van der Waals surface area contributed by atoms with Gasteiger partial charge in [-0.15, -0.1) is 0 Å². The molecule has 1 fully saturated rings. The number of rotatable bonds is 6. The average Bonchev–Trinajstić information content (AvgIpc) is 3.48. The number of hydrogen-bond donors (Lipinski definition) is 0. The minimum atomic E-state index is 0.383. The zero-order chi connectivity index (χ0) is 19.7. The van der Waals surface area contributed by atoms with Gasteiger partial charge in [0.25, 0.3) is 0 Å². The van der Waals surface area contributed by atoms with Crippen molar-refractivity contribution in [2.45, 2.75) is 32.3 Å². The summed E-state index contributed by atoms with van der Waals surface area (Å²) in [6, 6.07) is 16.1. The predicted molar refractivity (Wildman–Crippen MR) is 110 cm³/mol. The van der Waals surface area contributed by atoms with E-state index in [9.17, 15) is 5.26 Å². The first-order valence-electron chi connectivity index (χ1n) is 9.18. The van der Waals surface area contributed by atoms with Gasteiger partial charge in [-0.05, 0) is 52.9 Å². The highest BCUT2D eigenvalue weighted by molar-refractivity contribution is 9.10. The van der Waals surface area contributed by atoms with E-state index in [4.69, 9.17) is 9.47 Å². The average molecular weight is 438 g/mol. The van der Waals surface area contributed by atoms with E-state index < -0.39 is 0 Å². The Morgan fingerprint density at radius 2 is 1.96 bits per heavy atom. The van der Waals surface area contributed by atoms with E-state index in [0.29, 0.717) is 35.5 Å². The number of ether oxygens (including phenoxy) is 2. The molecule has 1 heterocycles. The first-order valence-corrected chi connectivity index (χ1v) is 9.98. The molecule has 0 radical (unpaired) electrons. The maximum atomic E-state index is 9.63. The fourth-order valence-corrected chi connectivity index (χ4v) is 3.66. The van der Waals surface area contributed by atoms with Crippen LogP contribution in [0, 0.1) is 18.3 Å². The van der Waals surface area contributed by atoms with Crippen molar-refractivity contribution in [1.82, 2.24) is 9.78 Å². The molecule has 142 valence electrons. The highest BCUT2D eigenvalue weighted by Gasteiger charge is 2.32. The topological polar surface area (TPSA) is 60.1 Å². The van der Waals surface area contributed by atoms with E-state index in [0.717, 1.165) is 34.1 Å². The number of halogens is 1. The smallest absolute Gasteiger partial charge is 0.235 e. The number of hydrogen-bond acceptors (Lipinski definition) is 4. The van der Waals surface area contributed by atoms with Crippen LogP contribution < -0.4 is 9.47 Å². The van der Waals surface area contributed by atoms with Crippen LogP contribution in [0.4, 0.5) is 0 Å². The first-order chi connectivity index (χ1) is 13.6. The van der Waals surface area contributed by atoms with Gasteiger partial charge in [0.2, 0.25) is 5.88 Å². The summed E-state index contributed by atoms with van der Waals surface area (Å²) >= 11 is 3.56. The van der Waals surface area contributed by atoms with Crippen molar-refractivity contribution in [2.24, 2.45) is 7.05 Å². The summed E-state index contributed by atoms with van der Waals surface area (Å²) < 4.78 is 14.6. The van der Waals surface area contributed by atoms with Gasteiger partial charge >= 0.3 is 0 Å². The molecule has 2 aromatic carbocycles. The van der Waals surface area contributed by atoms with Crippen molar-refractivity contribution in [3.63, 3.8) is 0 Å². The molecule has 0 aliphatic heterocycles. The molecule has 0 N–H and O–H groups in total. The van der Waals surface area contributed by atoms with E-state index in [1.165, 1.54) is 0 Å². The zero-order valence-electron chi connectivity index (χ0n) is 15.8. The molecule has 0 unspecified atom stereocenters. The van der Waals surface area contributed by atoms with Crippen molar-refractivity contribution in [3.05, 3.63) is 69.3 Å². The van der Waals surface area contributed by atoms with Gasteiger partial charge in [0.1, 0.15) is 29.7 Å². The Bertz CT molecular complexity index is 1050. The van der Waals surface area contributed by atoms with Gasteiger partial charge in [-0.25, -0.2) is 4.68 Å². The van der Waals surface area contributed by atoms with Crippen molar-refractivity contribution < 1.29 is 9.47 Å². The summed E-state index contributed by atoms with van der Waals surface area (Å²) in [5.41, 5.74) is 3.40. The van der Waals surface area contributed by atoms with Crippen LogP contribution in [0.15, 0.2) is 46.9 Å². The standard InChI is InChI=1S/C22H20BrN3O2/c1-14-10-18(23)20(27-13-15-6-4-3-5-7-15)11-19(14)28-22-17(12-24)21(16-8-9-16)25-26(22)2/h3-7,10-11,16H,8-9,13H2,1-2H3. The van der Waals surface area contributed by atoms with Crippen LogP contribution in [0.1, 0.15) is 41.1 Å². The second-order valence-corrected chi connectivity index (χ2v) is 7.85. The quantitative estimate of drug-likeness (QED) is 0.502. The number of nitrogens with zero attached hydrogens (tertiary/aromatic N) is 3. The number of benzene rings is 2. The Kier molecular flexibility index (Phi) is 5.10. The van der Waals surface area contributed by atoms with E-state index in [1.54, 1.807) is 4.68 Å². The van der Waals surface area contributed by atoms with Gasteiger partial charge < -0.3 is 9.47 Å². The van der Waals surface area contributed by atoms with Crippen LogP contribution in [0.25, 0.3) is 0 Å². The minimum Gasteiger partial charge on any atom is -0.488 e. The van der Waals surface area contributed by atoms with E-state index in [-0.39, 0.29) is 0 Å². The normalized spacial score (nSPS) is 13.2. The van der Waals surface area contributed by atoms with Gasteiger partial charge in [0, 0.05) is 19.0 Å². The summed E-state index contributed by atoms with van der Waals surface area (Å²) in [5.74, 6) is 2.19. The van der Waals surface area contributed by atoms with Crippen molar-refractivity contribution in [1.29, 1.82) is 5.26 Å². The summed E-state index contributed by atoms with van der Waals surface area (Å²) in [5, 5.41) is 14.1. The summed E-state index contributed by atoms with van der Waals surface area (Å²) in [7, 11) is 1.81. The highest BCUT2D eigenvalue weighted by atomic mass is 79.9. The number of aromatic nitrogens is 2. The summed E-state index contributed by atoms with van der Waals surface area (Å²) in [6.45, 7) is 2.42. The molecular weight excluding hydrogens is 418 g/mol. The van der Waals surface area contributed by atoms with Crippen LogP contribution in [0.2, 0.25) is 0 Å². The molecule has 0 atom stereocenters. The predicted octanol–water partition coefficient (Wildman–Crippen LogP) is 5.61. The number of aryl methyl sites for hydroxylation is 2. The third-order valence-electron chi connectivity index (χ3n) is 4.77. The lowest BCUT2D eigenvalue weighted by Gasteiger charge is -2.14. The maximum Gasteiger partial charge on any atom is 0.235 e. The molecule has 5 nitrogen and oxygen atoms in total. The third-order valence-corrected chi connectivity index (χ3v) is 5.39. The lowest BCUT2D eigenvalue weighted by molar-refractivity contribution is 0.302. The van der Waals surface area contributed by atoms with Gasteiger partial charge in [-0.1, -0.05) is 30.3 Å². The van der Waals surface area contributed by atoms with Crippen LogP contribution in [0.5, 0.6) is 17.4 Å². The Balaban J connectivity index is 1.61. The molecule has 1 aliphatic rings. The molecular formula is C22H20BrN3O2. The molecule has 0 saturated heterocycles. The molecule has 0 bridgehead atoms. The molecule has 0 spiro atoms. The van der Waals surface area contributed by atoms with E-state index >= 15 is 0 Å². The molecule has 0 amide bonds. The SMILES string of the molecule is Cc1cc(Br)c(OCc2ccccc2)cc1Oc1c(C#N)c(C2CC2)nn1C. The Morgan fingerprint density at radius 1 is 1.21 bits per heavy atom. The van der Waals surface area contributed by atoms with Gasteiger partial charge in [0.15, 0.2) is 0 Å². The van der Waals surface area contributed by atoms with Gasteiger partial charge in [-0.3, -0.25) is 0 Å². The Morgan fingerprint density at radius 3 is 2.64 bits per heavy atom. The molecule has 3 aromatic rings. The fraction of sp³-hybridized carbons (Fsp3) is 0.273. The van der Waals surface area contributed by atoms with Gasteiger partial charge in [0.05, 0.1) is 10.2 Å². The summed E-state index contributed by atoms with van der Waals surface area (Å²) in [6.07, 6.45) is 2.17. The second-order valence-electron chi connectivity index (χ2n) is 7.00. The van der Waals surface area contributed by atoms with E-state index in [1.807, 2.05) is 56.4 Å². The molecule has 28 heavy (non-hydrogen) atoms. The molecule has 1 saturated carbocycles. The Hall–Kier alpha value is -2.78. The monoisotopic (exact) mass is 437 g/mol. The lowest BCUT2D eigenvalue weighted by Crippen LogP contribution is -2.00. The van der Waals surface area contributed by atoms with E-state index in [2.05, 4.69) is 27.1 Å². The zero-order valence-corrected chi connectivity index (χ0v) is 17.4. The largest absolute Gasteiger partial charge is 0.488 e. The van der Waals surface area contributed by atoms with Crippen molar-refractivity contribution in [2.75, 3.05) is 0 Å². The summed E-state index contributed by atoms with van der Waals surface area (Å²) in [4.78, 5) is 0. The molecule has 1 aliphatic carbocycles. The van der Waals surface area contributed by atoms with Gasteiger partial charge in [-0.2, -0.15) is 10.4 Å². The van der Waals surface area contributed by atoms with Crippen molar-refractivity contribution >= 4 is 15.9 Å². The molecule has 1 aromatic heterocycles. The Labute approximate surface area is 172 Å². The van der Waals surface area contributed by atoms with Crippen LogP contribution >= 0.6 is 15.9 Å². The van der Waals surface area contributed by atoms with Crippen LogP contribution in [0.3, 0.4) is 0 Å². The number of nitriles is 1. The highest BCUT2D eigenvalue weighted by Crippen LogP contribution is 2.44. The maximum absolute atomic E-state index is 9.63. The van der Waals surface area contributed by atoms with Crippen LogP contribution in [-0.2, 0) is 13.7 Å². The fourth-order valence-electron chi connectivity index (χ4n) is 3.09.